The molecule has 0 heterocycles. The van der Waals surface area contributed by atoms with Crippen molar-refractivity contribution >= 4 is 0 Å². The van der Waals surface area contributed by atoms with Crippen molar-refractivity contribution in [2.45, 2.75) is 77.4 Å². The van der Waals surface area contributed by atoms with Crippen molar-refractivity contribution in [3.8, 4) is 0 Å². The van der Waals surface area contributed by atoms with Gasteiger partial charge >= 0.3 is 0 Å². The summed E-state index contributed by atoms with van der Waals surface area (Å²) in [4.78, 5) is 3.78. The van der Waals surface area contributed by atoms with Crippen LogP contribution in [-0.4, -0.2) is 33.1 Å². The maximum atomic E-state index is 8.89. The summed E-state index contributed by atoms with van der Waals surface area (Å²) in [5.41, 5.74) is 0. The first kappa shape index (κ1) is 31.7. The molecule has 120 valence electrons. The molecule has 0 aromatic heterocycles. The van der Waals surface area contributed by atoms with E-state index >= 15 is 0 Å². The van der Waals surface area contributed by atoms with E-state index in [4.69, 9.17) is 10.4 Å². The Morgan fingerprint density at radius 3 is 1.53 bits per heavy atom. The largest absolute Gasteiger partial charge is 0.412 e. The van der Waals surface area contributed by atoms with Crippen molar-refractivity contribution < 1.29 is 53.4 Å². The Labute approximate surface area is 131 Å². The van der Waals surface area contributed by atoms with Gasteiger partial charge in [-0.1, -0.05) is 58.3 Å². The molecule has 1 unspecified atom stereocenters. The van der Waals surface area contributed by atoms with E-state index in [1.165, 1.54) is 44.9 Å². The molecule has 0 saturated heterocycles. The van der Waals surface area contributed by atoms with Crippen molar-refractivity contribution in [2.24, 2.45) is 0 Å². The number of hydrogen-bond acceptors (Lipinski definition) is 3. The molecule has 0 fully saturated rings. The number of aliphatic hydroxyl groups excluding tert-OH is 1. The van der Waals surface area contributed by atoms with Crippen LogP contribution in [0.5, 0.6) is 0 Å². The normalized spacial score (nSPS) is 10.3. The smallest absolute Gasteiger partial charge is 0.188 e. The second-order valence-electron chi connectivity index (χ2n) is 4.18. The van der Waals surface area contributed by atoms with Gasteiger partial charge in [0, 0.05) is 28.1 Å². The number of rotatable bonds is 11. The summed E-state index contributed by atoms with van der Waals surface area (Å²) in [5, 5.41) is 17.0. The zero-order valence-corrected chi connectivity index (χ0v) is 13.5. The van der Waals surface area contributed by atoms with Crippen molar-refractivity contribution in [3.05, 3.63) is 0 Å². The minimum absolute atomic E-state index is 0. The summed E-state index contributed by atoms with van der Waals surface area (Å²) in [6.07, 6.45) is 10.8. The Hall–Kier alpha value is 0.474. The summed E-state index contributed by atoms with van der Waals surface area (Å²) in [5.74, 6) is 0. The molecule has 1 atom stereocenters. The first-order valence-electron chi connectivity index (χ1n) is 6.29. The zero-order chi connectivity index (χ0) is 11.4. The number of unbranched alkanes of at least 4 members (excludes halogenated alkanes) is 8. The molecule has 19 heavy (non-hydrogen) atoms. The van der Waals surface area contributed by atoms with Crippen LogP contribution in [0.4, 0.5) is 0 Å². The fourth-order valence-electron chi connectivity index (χ4n) is 1.68. The van der Waals surface area contributed by atoms with Gasteiger partial charge in [0.15, 0.2) is 6.29 Å². The average molecular weight is 320 g/mol. The average Bonchev–Trinajstić information content (AvgIpc) is 2.26. The van der Waals surface area contributed by atoms with E-state index in [9.17, 15) is 0 Å². The Balaban J connectivity index is -0.000000163. The molecule has 6 nitrogen and oxygen atoms in total. The van der Waals surface area contributed by atoms with Crippen LogP contribution in [0.25, 0.3) is 0 Å². The van der Waals surface area contributed by atoms with Crippen LogP contribution in [0, 0.1) is 0 Å². The van der Waals surface area contributed by atoms with Crippen LogP contribution in [0.2, 0.25) is 0 Å². The van der Waals surface area contributed by atoms with Gasteiger partial charge < -0.3 is 21.5 Å². The quantitative estimate of drug-likeness (QED) is 0.194. The molecule has 0 amide bonds. The monoisotopic (exact) mass is 320 g/mol. The Morgan fingerprint density at radius 1 is 0.789 bits per heavy atom. The summed E-state index contributed by atoms with van der Waals surface area (Å²) in [6, 6.07) is 0. The first-order chi connectivity index (χ1) is 7.31. The molecule has 7 heteroatoms. The molecule has 0 spiro atoms. The third-order valence-corrected chi connectivity index (χ3v) is 2.68. The summed E-state index contributed by atoms with van der Waals surface area (Å²) in [7, 11) is 0. The molecule has 0 rings (SSSR count). The molecule has 8 N–H and O–H groups in total. The standard InChI is InChI=1S/C12H26O3.3H2O.Ti/c1-2-3-4-5-6-7-8-9-10-11-12(13)15-14;;;;/h12-14H,2-11H2,1H3;3*1H2;. The fraction of sp³-hybridized carbons (Fsp3) is 1.00. The van der Waals surface area contributed by atoms with E-state index < -0.39 is 6.29 Å². The van der Waals surface area contributed by atoms with Crippen LogP contribution in [0.15, 0.2) is 0 Å². The minimum Gasteiger partial charge on any atom is -0.412 e. The molecule has 0 aliphatic heterocycles. The molecule has 0 bridgehead atoms. The second kappa shape index (κ2) is 26.9. The second-order valence-corrected chi connectivity index (χ2v) is 4.18. The Kier molecular flexibility index (Phi) is 45.0. The third kappa shape index (κ3) is 27.6. The van der Waals surface area contributed by atoms with Crippen LogP contribution >= 0.6 is 0 Å². The molecule has 0 aliphatic rings. The van der Waals surface area contributed by atoms with Crippen molar-refractivity contribution in [1.82, 2.24) is 0 Å². The minimum atomic E-state index is -0.991. The van der Waals surface area contributed by atoms with Gasteiger partial charge in [-0.15, -0.1) is 0 Å². The maximum absolute atomic E-state index is 8.89. The molecule has 0 aromatic rings. The van der Waals surface area contributed by atoms with Gasteiger partial charge in [-0.2, -0.15) is 0 Å². The van der Waals surface area contributed by atoms with Crippen LogP contribution in [0.1, 0.15) is 71.1 Å². The van der Waals surface area contributed by atoms with E-state index in [-0.39, 0.29) is 38.1 Å². The first-order valence-corrected chi connectivity index (χ1v) is 6.29. The van der Waals surface area contributed by atoms with Crippen molar-refractivity contribution in [1.29, 1.82) is 0 Å². The molecular weight excluding hydrogens is 288 g/mol. The van der Waals surface area contributed by atoms with Gasteiger partial charge in [-0.25, -0.2) is 10.1 Å². The topological polar surface area (TPSA) is 144 Å². The van der Waals surface area contributed by atoms with Crippen molar-refractivity contribution in [3.63, 3.8) is 0 Å². The number of hydrogen-bond donors (Lipinski definition) is 2. The van der Waals surface area contributed by atoms with Gasteiger partial charge in [-0.3, -0.25) is 0 Å². The van der Waals surface area contributed by atoms with E-state index in [1.807, 2.05) is 0 Å². The van der Waals surface area contributed by atoms with E-state index in [0.29, 0.717) is 6.42 Å². The van der Waals surface area contributed by atoms with E-state index in [0.717, 1.165) is 12.8 Å². The SMILES string of the molecule is CCCCCCCCCCCC(O)OO.O.O.O.[Ti]. The van der Waals surface area contributed by atoms with Gasteiger partial charge in [0.1, 0.15) is 0 Å². The van der Waals surface area contributed by atoms with Gasteiger partial charge in [0.25, 0.3) is 0 Å². The van der Waals surface area contributed by atoms with Gasteiger partial charge in [0.2, 0.25) is 0 Å². The van der Waals surface area contributed by atoms with Crippen molar-refractivity contribution in [2.75, 3.05) is 0 Å². The van der Waals surface area contributed by atoms with Crippen LogP contribution in [-0.2, 0) is 26.6 Å². The van der Waals surface area contributed by atoms with E-state index in [1.54, 1.807) is 0 Å². The summed E-state index contributed by atoms with van der Waals surface area (Å²) >= 11 is 0. The van der Waals surface area contributed by atoms with E-state index in [2.05, 4.69) is 11.8 Å². The molecule has 0 aromatic carbocycles. The third-order valence-electron chi connectivity index (χ3n) is 2.68. The summed E-state index contributed by atoms with van der Waals surface area (Å²) < 4.78 is 0. The molecule has 0 aliphatic carbocycles. The Bertz CT molecular complexity index is 129. The number of aliphatic hydroxyl groups is 1. The fourth-order valence-corrected chi connectivity index (χ4v) is 1.68. The van der Waals surface area contributed by atoms with Crippen LogP contribution < -0.4 is 0 Å². The molecule has 0 saturated carbocycles. The predicted octanol–water partition coefficient (Wildman–Crippen LogP) is 1.24. The summed E-state index contributed by atoms with van der Waals surface area (Å²) in [6.45, 7) is 2.23. The zero-order valence-electron chi connectivity index (χ0n) is 12.0. The molecular formula is C12H32O6Ti. The Morgan fingerprint density at radius 2 is 1.16 bits per heavy atom. The van der Waals surface area contributed by atoms with Gasteiger partial charge in [-0.05, 0) is 6.42 Å². The predicted molar refractivity (Wildman–Crippen MR) is 72.4 cm³/mol. The molecule has 0 radical (unpaired) electrons. The van der Waals surface area contributed by atoms with Gasteiger partial charge in [0.05, 0.1) is 0 Å². The maximum Gasteiger partial charge on any atom is 0.188 e. The van der Waals surface area contributed by atoms with Crippen LogP contribution in [0.3, 0.4) is 0 Å².